The van der Waals surface area contributed by atoms with Gasteiger partial charge in [0.2, 0.25) is 0 Å². The van der Waals surface area contributed by atoms with Crippen LogP contribution in [0.1, 0.15) is 24.2 Å². The highest BCUT2D eigenvalue weighted by Crippen LogP contribution is 2.09. The average Bonchev–Trinajstić information content (AvgIpc) is 2.34. The molecule has 0 aromatic heterocycles. The van der Waals surface area contributed by atoms with Crippen molar-refractivity contribution in [1.82, 2.24) is 4.90 Å². The SMILES string of the molecule is CCN(CC(C)CN)C(=O)c1cccc(F)c1. The summed E-state index contributed by atoms with van der Waals surface area (Å²) in [5.41, 5.74) is 5.93. The van der Waals surface area contributed by atoms with Crippen LogP contribution >= 0.6 is 0 Å². The van der Waals surface area contributed by atoms with Gasteiger partial charge in [0.1, 0.15) is 5.82 Å². The number of nitrogens with two attached hydrogens (primary N) is 1. The van der Waals surface area contributed by atoms with Crippen molar-refractivity contribution in [2.75, 3.05) is 19.6 Å². The summed E-state index contributed by atoms with van der Waals surface area (Å²) in [5.74, 6) is -0.293. The van der Waals surface area contributed by atoms with Gasteiger partial charge in [-0.25, -0.2) is 4.39 Å². The van der Waals surface area contributed by atoms with Gasteiger partial charge in [-0.05, 0) is 37.6 Å². The predicted molar refractivity (Wildman–Crippen MR) is 66.2 cm³/mol. The van der Waals surface area contributed by atoms with Gasteiger partial charge in [-0.2, -0.15) is 0 Å². The summed E-state index contributed by atoms with van der Waals surface area (Å²) in [4.78, 5) is 13.8. The summed E-state index contributed by atoms with van der Waals surface area (Å²) in [5, 5.41) is 0. The Morgan fingerprint density at radius 1 is 1.53 bits per heavy atom. The normalized spacial score (nSPS) is 12.2. The molecular formula is C13H19FN2O. The van der Waals surface area contributed by atoms with Gasteiger partial charge >= 0.3 is 0 Å². The lowest BCUT2D eigenvalue weighted by atomic mass is 10.1. The molecule has 0 aliphatic carbocycles. The van der Waals surface area contributed by atoms with Gasteiger partial charge in [0, 0.05) is 18.7 Å². The van der Waals surface area contributed by atoms with Gasteiger partial charge in [-0.3, -0.25) is 4.79 Å². The van der Waals surface area contributed by atoms with E-state index in [1.54, 1.807) is 17.0 Å². The molecule has 0 saturated heterocycles. The van der Waals surface area contributed by atoms with E-state index < -0.39 is 5.82 Å². The Morgan fingerprint density at radius 3 is 2.76 bits per heavy atom. The minimum Gasteiger partial charge on any atom is -0.339 e. The second kappa shape index (κ2) is 6.35. The maximum Gasteiger partial charge on any atom is 0.253 e. The Labute approximate surface area is 101 Å². The van der Waals surface area contributed by atoms with Crippen LogP contribution in [0, 0.1) is 11.7 Å². The molecule has 0 fully saturated rings. The number of carbonyl (C=O) groups excluding carboxylic acids is 1. The number of rotatable bonds is 5. The quantitative estimate of drug-likeness (QED) is 0.851. The van der Waals surface area contributed by atoms with Crippen molar-refractivity contribution in [3.8, 4) is 0 Å². The van der Waals surface area contributed by atoms with E-state index in [2.05, 4.69) is 0 Å². The molecule has 4 heteroatoms. The minimum absolute atomic E-state index is 0.146. The van der Waals surface area contributed by atoms with Gasteiger partial charge in [0.15, 0.2) is 0 Å². The van der Waals surface area contributed by atoms with E-state index in [9.17, 15) is 9.18 Å². The molecule has 1 aromatic carbocycles. The fraction of sp³-hybridized carbons (Fsp3) is 0.462. The number of benzene rings is 1. The number of amides is 1. The van der Waals surface area contributed by atoms with Crippen molar-refractivity contribution >= 4 is 5.91 Å². The Hall–Kier alpha value is -1.42. The molecule has 0 heterocycles. The smallest absolute Gasteiger partial charge is 0.253 e. The van der Waals surface area contributed by atoms with Crippen LogP contribution in [-0.2, 0) is 0 Å². The van der Waals surface area contributed by atoms with Crippen LogP contribution in [0.5, 0.6) is 0 Å². The fourth-order valence-electron chi connectivity index (χ4n) is 1.61. The van der Waals surface area contributed by atoms with Crippen molar-refractivity contribution in [3.63, 3.8) is 0 Å². The molecule has 1 unspecified atom stereocenters. The van der Waals surface area contributed by atoms with Gasteiger partial charge in [0.05, 0.1) is 0 Å². The van der Waals surface area contributed by atoms with E-state index >= 15 is 0 Å². The van der Waals surface area contributed by atoms with Crippen LogP contribution in [0.3, 0.4) is 0 Å². The van der Waals surface area contributed by atoms with Crippen molar-refractivity contribution in [2.45, 2.75) is 13.8 Å². The van der Waals surface area contributed by atoms with Gasteiger partial charge in [-0.15, -0.1) is 0 Å². The van der Waals surface area contributed by atoms with Gasteiger partial charge in [0.25, 0.3) is 5.91 Å². The van der Waals surface area contributed by atoms with Gasteiger partial charge < -0.3 is 10.6 Å². The van der Waals surface area contributed by atoms with Crippen molar-refractivity contribution in [3.05, 3.63) is 35.6 Å². The summed E-state index contributed by atoms with van der Waals surface area (Å²) in [6, 6.07) is 5.76. The van der Waals surface area contributed by atoms with E-state index in [1.807, 2.05) is 13.8 Å². The molecule has 3 nitrogen and oxygen atoms in total. The van der Waals surface area contributed by atoms with E-state index in [0.717, 1.165) is 0 Å². The van der Waals surface area contributed by atoms with Crippen LogP contribution in [-0.4, -0.2) is 30.4 Å². The minimum atomic E-state index is -0.390. The first kappa shape index (κ1) is 13.6. The number of halogens is 1. The fourth-order valence-corrected chi connectivity index (χ4v) is 1.61. The molecule has 0 spiro atoms. The highest BCUT2D eigenvalue weighted by atomic mass is 19.1. The molecule has 0 radical (unpaired) electrons. The van der Waals surface area contributed by atoms with Crippen LogP contribution in [0.25, 0.3) is 0 Å². The standard InChI is InChI=1S/C13H19FN2O/c1-3-16(9-10(2)8-15)13(17)11-5-4-6-12(14)7-11/h4-7,10H,3,8-9,15H2,1-2H3. The van der Waals surface area contributed by atoms with Crippen molar-refractivity contribution < 1.29 is 9.18 Å². The second-order valence-corrected chi connectivity index (χ2v) is 4.20. The molecular weight excluding hydrogens is 219 g/mol. The van der Waals surface area contributed by atoms with E-state index in [1.165, 1.54) is 12.1 Å². The molecule has 94 valence electrons. The summed E-state index contributed by atoms with van der Waals surface area (Å²) in [6.07, 6.45) is 0. The van der Waals surface area contributed by atoms with Crippen molar-refractivity contribution in [2.24, 2.45) is 11.7 Å². The molecule has 2 N–H and O–H groups in total. The zero-order valence-electron chi connectivity index (χ0n) is 10.3. The topological polar surface area (TPSA) is 46.3 Å². The third-order valence-corrected chi connectivity index (χ3v) is 2.67. The molecule has 0 aliphatic rings. The Balaban J connectivity index is 2.79. The summed E-state index contributed by atoms with van der Waals surface area (Å²) in [7, 11) is 0. The highest BCUT2D eigenvalue weighted by molar-refractivity contribution is 5.94. The maximum absolute atomic E-state index is 13.0. The molecule has 0 aliphatic heterocycles. The Bertz CT molecular complexity index is 381. The number of nitrogens with zero attached hydrogens (tertiary/aromatic N) is 1. The number of hydrogen-bond donors (Lipinski definition) is 1. The summed E-state index contributed by atoms with van der Waals surface area (Å²) >= 11 is 0. The molecule has 1 aromatic rings. The lowest BCUT2D eigenvalue weighted by molar-refractivity contribution is 0.0743. The first-order chi connectivity index (χ1) is 8.08. The van der Waals surface area contributed by atoms with Crippen LogP contribution in [0.15, 0.2) is 24.3 Å². The second-order valence-electron chi connectivity index (χ2n) is 4.20. The van der Waals surface area contributed by atoms with Gasteiger partial charge in [-0.1, -0.05) is 13.0 Å². The lowest BCUT2D eigenvalue weighted by Gasteiger charge is -2.24. The van der Waals surface area contributed by atoms with Crippen LogP contribution < -0.4 is 5.73 Å². The molecule has 1 amide bonds. The van der Waals surface area contributed by atoms with E-state index in [-0.39, 0.29) is 11.8 Å². The first-order valence-corrected chi connectivity index (χ1v) is 5.83. The summed E-state index contributed by atoms with van der Waals surface area (Å²) in [6.45, 7) is 5.62. The molecule has 0 bridgehead atoms. The maximum atomic E-state index is 13.0. The van der Waals surface area contributed by atoms with Crippen molar-refractivity contribution in [1.29, 1.82) is 0 Å². The molecule has 17 heavy (non-hydrogen) atoms. The summed E-state index contributed by atoms with van der Waals surface area (Å²) < 4.78 is 13.0. The Morgan fingerprint density at radius 2 is 2.24 bits per heavy atom. The average molecular weight is 238 g/mol. The monoisotopic (exact) mass is 238 g/mol. The molecule has 1 atom stereocenters. The van der Waals surface area contributed by atoms with E-state index in [0.29, 0.717) is 25.2 Å². The van der Waals surface area contributed by atoms with Crippen LogP contribution in [0.4, 0.5) is 4.39 Å². The zero-order chi connectivity index (χ0) is 12.8. The Kier molecular flexibility index (Phi) is 5.10. The molecule has 0 saturated carbocycles. The number of carbonyl (C=O) groups is 1. The first-order valence-electron chi connectivity index (χ1n) is 5.83. The predicted octanol–water partition coefficient (Wildman–Crippen LogP) is 1.88. The zero-order valence-corrected chi connectivity index (χ0v) is 10.3. The van der Waals surface area contributed by atoms with Crippen LogP contribution in [0.2, 0.25) is 0 Å². The highest BCUT2D eigenvalue weighted by Gasteiger charge is 2.16. The third-order valence-electron chi connectivity index (χ3n) is 2.67. The number of hydrogen-bond acceptors (Lipinski definition) is 2. The molecule has 1 rings (SSSR count). The largest absolute Gasteiger partial charge is 0.339 e. The lowest BCUT2D eigenvalue weighted by Crippen LogP contribution is -2.36. The third kappa shape index (κ3) is 3.82. The van der Waals surface area contributed by atoms with E-state index in [4.69, 9.17) is 5.73 Å².